The second kappa shape index (κ2) is 11.0. The molecule has 1 amide bonds. The summed E-state index contributed by atoms with van der Waals surface area (Å²) in [6, 6.07) is 15.5. The zero-order chi connectivity index (χ0) is 22.1. The van der Waals surface area contributed by atoms with Gasteiger partial charge in [-0.3, -0.25) is 14.4 Å². The summed E-state index contributed by atoms with van der Waals surface area (Å²) >= 11 is 0. The summed E-state index contributed by atoms with van der Waals surface area (Å²) in [4.78, 5) is 35.7. The molecule has 2 aromatic carbocycles. The number of aliphatic hydroxyl groups is 1. The average Bonchev–Trinajstić information content (AvgIpc) is 3.09. The average molecular weight is 419 g/mol. The highest BCUT2D eigenvalue weighted by Gasteiger charge is 2.20. The van der Waals surface area contributed by atoms with Crippen LogP contribution in [0.1, 0.15) is 42.5 Å². The van der Waals surface area contributed by atoms with Crippen molar-refractivity contribution < 1.29 is 24.2 Å². The molecule has 0 fully saturated rings. The van der Waals surface area contributed by atoms with Crippen molar-refractivity contribution in [2.24, 2.45) is 0 Å². The zero-order valence-corrected chi connectivity index (χ0v) is 17.1. The molecule has 2 aromatic rings. The summed E-state index contributed by atoms with van der Waals surface area (Å²) in [5.74, 6) is -0.121. The number of aliphatic hydroxyl groups excluding tert-OH is 1. The lowest BCUT2D eigenvalue weighted by molar-refractivity contribution is -0.134. The number of esters is 1. The lowest BCUT2D eigenvalue weighted by Crippen LogP contribution is -2.11. The van der Waals surface area contributed by atoms with Crippen LogP contribution in [0.3, 0.4) is 0 Å². The van der Waals surface area contributed by atoms with Gasteiger partial charge in [-0.15, -0.1) is 0 Å². The molecule has 1 atom stereocenters. The van der Waals surface area contributed by atoms with Crippen LogP contribution in [0.25, 0.3) is 0 Å². The van der Waals surface area contributed by atoms with Crippen LogP contribution < -0.4 is 10.1 Å². The lowest BCUT2D eigenvalue weighted by atomic mass is 10.1. The molecule has 1 unspecified atom stereocenters. The number of carbonyl (C=O) groups is 3. The van der Waals surface area contributed by atoms with Gasteiger partial charge in [0, 0.05) is 24.1 Å². The fourth-order valence-electron chi connectivity index (χ4n) is 3.16. The van der Waals surface area contributed by atoms with Crippen molar-refractivity contribution in [1.82, 2.24) is 0 Å². The Labute approximate surface area is 181 Å². The van der Waals surface area contributed by atoms with Crippen LogP contribution in [-0.2, 0) is 9.59 Å². The predicted molar refractivity (Wildman–Crippen MR) is 118 cm³/mol. The van der Waals surface area contributed by atoms with Crippen molar-refractivity contribution >= 4 is 23.3 Å². The first-order valence-electron chi connectivity index (χ1n) is 10.3. The molecule has 6 nitrogen and oxygen atoms in total. The largest absolute Gasteiger partial charge is 0.427 e. The van der Waals surface area contributed by atoms with Gasteiger partial charge >= 0.3 is 5.97 Å². The van der Waals surface area contributed by atoms with Crippen molar-refractivity contribution in [2.75, 3.05) is 5.32 Å². The summed E-state index contributed by atoms with van der Waals surface area (Å²) < 4.78 is 5.32. The Morgan fingerprint density at radius 1 is 1.06 bits per heavy atom. The standard InChI is InChI=1S/C25H25NO5/c27-21-16-19(23(28)17-21)10-4-1-2-7-11-24(29)31-22-14-12-20(13-15-22)26-25(30)18-8-5-3-6-9-18/h1,3-6,8-9,12-16,21,27H,2,7,10-11,17H2,(H,26,30). The lowest BCUT2D eigenvalue weighted by Gasteiger charge is -2.07. The monoisotopic (exact) mass is 419 g/mol. The second-order valence-electron chi connectivity index (χ2n) is 7.27. The van der Waals surface area contributed by atoms with E-state index in [1.54, 1.807) is 54.6 Å². The number of rotatable bonds is 9. The molecule has 0 saturated carbocycles. The first kappa shape index (κ1) is 22.2. The quantitative estimate of drug-likeness (QED) is 0.275. The molecule has 0 spiro atoms. The number of nitrogens with one attached hydrogen (secondary N) is 1. The van der Waals surface area contributed by atoms with Crippen molar-refractivity contribution in [3.05, 3.63) is 84.0 Å². The number of carbonyl (C=O) groups excluding carboxylic acids is 3. The first-order chi connectivity index (χ1) is 15.0. The van der Waals surface area contributed by atoms with E-state index in [1.807, 2.05) is 18.2 Å². The number of hydrogen-bond donors (Lipinski definition) is 2. The first-order valence-corrected chi connectivity index (χ1v) is 10.3. The SMILES string of the molecule is O=C(CCCC=CCC1=CC(O)CC1=O)Oc1ccc(NC(=O)c2ccccc2)cc1. The Kier molecular flexibility index (Phi) is 7.90. The molecule has 0 aromatic heterocycles. The Morgan fingerprint density at radius 2 is 1.81 bits per heavy atom. The number of Topliss-reactive ketones (excluding diaryl/α,β-unsaturated/α-hetero) is 1. The van der Waals surface area contributed by atoms with Gasteiger partial charge in [0.1, 0.15) is 5.75 Å². The van der Waals surface area contributed by atoms with Gasteiger partial charge in [0.25, 0.3) is 5.91 Å². The number of unbranched alkanes of at least 4 members (excludes halogenated alkanes) is 1. The normalized spacial score (nSPS) is 15.7. The molecular formula is C25H25NO5. The Bertz CT molecular complexity index is 977. The van der Waals surface area contributed by atoms with Crippen LogP contribution in [0.2, 0.25) is 0 Å². The van der Waals surface area contributed by atoms with Gasteiger partial charge in [0.05, 0.1) is 6.10 Å². The van der Waals surface area contributed by atoms with Crippen LogP contribution in [0.5, 0.6) is 5.75 Å². The van der Waals surface area contributed by atoms with E-state index in [-0.39, 0.29) is 30.5 Å². The Morgan fingerprint density at radius 3 is 2.48 bits per heavy atom. The maximum Gasteiger partial charge on any atom is 0.311 e. The number of ether oxygens (including phenoxy) is 1. The molecule has 160 valence electrons. The number of amides is 1. The smallest absolute Gasteiger partial charge is 0.311 e. The van der Waals surface area contributed by atoms with Crippen LogP contribution in [-0.4, -0.2) is 28.9 Å². The van der Waals surface area contributed by atoms with Crippen LogP contribution in [0.4, 0.5) is 5.69 Å². The van der Waals surface area contributed by atoms with Crippen LogP contribution >= 0.6 is 0 Å². The number of allylic oxidation sites excluding steroid dienone is 3. The number of ketones is 1. The van der Waals surface area contributed by atoms with Crippen molar-refractivity contribution in [1.29, 1.82) is 0 Å². The summed E-state index contributed by atoms with van der Waals surface area (Å²) in [7, 11) is 0. The third-order valence-electron chi connectivity index (χ3n) is 4.78. The van der Waals surface area contributed by atoms with Crippen LogP contribution in [0.15, 0.2) is 78.4 Å². The topological polar surface area (TPSA) is 92.7 Å². The van der Waals surface area contributed by atoms with Gasteiger partial charge in [-0.1, -0.05) is 30.4 Å². The summed E-state index contributed by atoms with van der Waals surface area (Å²) in [6.45, 7) is 0. The Balaban J connectivity index is 1.36. The molecule has 0 aliphatic heterocycles. The maximum absolute atomic E-state index is 12.1. The fourth-order valence-corrected chi connectivity index (χ4v) is 3.16. The van der Waals surface area contributed by atoms with Gasteiger partial charge in [-0.25, -0.2) is 0 Å². The van der Waals surface area contributed by atoms with E-state index < -0.39 is 6.10 Å². The van der Waals surface area contributed by atoms with Gasteiger partial charge in [0.15, 0.2) is 5.78 Å². The van der Waals surface area contributed by atoms with Gasteiger partial charge < -0.3 is 15.2 Å². The van der Waals surface area contributed by atoms with E-state index in [2.05, 4.69) is 5.32 Å². The molecule has 0 bridgehead atoms. The van der Waals surface area contributed by atoms with Crippen molar-refractivity contribution in [3.8, 4) is 5.75 Å². The van der Waals surface area contributed by atoms with Crippen molar-refractivity contribution in [2.45, 2.75) is 38.2 Å². The third kappa shape index (κ3) is 7.04. The van der Waals surface area contributed by atoms with E-state index in [9.17, 15) is 19.5 Å². The number of benzene rings is 2. The molecule has 1 aliphatic rings. The van der Waals surface area contributed by atoms with Gasteiger partial charge in [-0.05, 0) is 67.3 Å². The predicted octanol–water partition coefficient (Wildman–Crippen LogP) is 4.22. The maximum atomic E-state index is 12.1. The number of hydrogen-bond acceptors (Lipinski definition) is 5. The van der Waals surface area contributed by atoms with E-state index in [0.29, 0.717) is 41.8 Å². The molecule has 31 heavy (non-hydrogen) atoms. The number of anilines is 1. The molecule has 1 aliphatic carbocycles. The van der Waals surface area contributed by atoms with E-state index in [4.69, 9.17) is 4.74 Å². The fraction of sp³-hybridized carbons (Fsp3) is 0.240. The zero-order valence-electron chi connectivity index (χ0n) is 17.1. The Hall–Kier alpha value is -3.51. The molecular weight excluding hydrogens is 394 g/mol. The van der Waals surface area contributed by atoms with Crippen LogP contribution in [0, 0.1) is 0 Å². The van der Waals surface area contributed by atoms with E-state index in [1.165, 1.54) is 0 Å². The van der Waals surface area contributed by atoms with Gasteiger partial charge in [0.2, 0.25) is 0 Å². The molecule has 6 heteroatoms. The highest BCUT2D eigenvalue weighted by atomic mass is 16.5. The summed E-state index contributed by atoms with van der Waals surface area (Å²) in [5.41, 5.74) is 1.82. The molecule has 0 radical (unpaired) electrons. The minimum atomic E-state index is -0.653. The summed E-state index contributed by atoms with van der Waals surface area (Å²) in [5, 5.41) is 12.2. The molecule has 0 saturated heterocycles. The molecule has 0 heterocycles. The van der Waals surface area contributed by atoms with E-state index in [0.717, 1.165) is 0 Å². The van der Waals surface area contributed by atoms with Gasteiger partial charge in [-0.2, -0.15) is 0 Å². The van der Waals surface area contributed by atoms with E-state index >= 15 is 0 Å². The minimum Gasteiger partial charge on any atom is -0.427 e. The second-order valence-corrected chi connectivity index (χ2v) is 7.27. The minimum absolute atomic E-state index is 0.00798. The molecule has 2 N–H and O–H groups in total. The van der Waals surface area contributed by atoms with Crippen molar-refractivity contribution in [3.63, 3.8) is 0 Å². The highest BCUT2D eigenvalue weighted by molar-refractivity contribution is 6.04. The molecule has 3 rings (SSSR count). The highest BCUT2D eigenvalue weighted by Crippen LogP contribution is 2.19. The third-order valence-corrected chi connectivity index (χ3v) is 4.78. The summed E-state index contributed by atoms with van der Waals surface area (Å²) in [6.07, 6.45) is 7.05.